The molecule has 3 amide bonds. The molecule has 3 atom stereocenters. The van der Waals surface area contributed by atoms with Crippen molar-refractivity contribution in [1.29, 1.82) is 0 Å². The predicted molar refractivity (Wildman–Crippen MR) is 392 cm³/mol. The number of hydrogen-bond donors (Lipinski definition) is 7. The van der Waals surface area contributed by atoms with Crippen molar-refractivity contribution in [2.45, 2.75) is 122 Å². The quantitative estimate of drug-likeness (QED) is 0.0111. The van der Waals surface area contributed by atoms with Gasteiger partial charge in [-0.1, -0.05) is 108 Å². The zero-order valence-corrected chi connectivity index (χ0v) is 62.4. The minimum Gasteiger partial charge on any atom is -0.870 e. The molecule has 3 saturated carbocycles. The Morgan fingerprint density at radius 1 is 0.531 bits per heavy atom. The van der Waals surface area contributed by atoms with E-state index in [1.54, 1.807) is 71.0 Å². The smallest absolute Gasteiger partial charge is 0.870 e. The van der Waals surface area contributed by atoms with Gasteiger partial charge in [0, 0.05) is 47.5 Å². The second-order valence-corrected chi connectivity index (χ2v) is 26.4. The summed E-state index contributed by atoms with van der Waals surface area (Å²) in [5.74, 6) is -0.248. The summed E-state index contributed by atoms with van der Waals surface area (Å²) in [6, 6.07) is 37.7. The van der Waals surface area contributed by atoms with Crippen LogP contribution >= 0.6 is 0 Å². The number of aromatic nitrogens is 7. The molecule has 3 aliphatic carbocycles. The molecule has 10 N–H and O–H groups in total. The number of hydrogen-bond acceptors (Lipinski definition) is 31. The van der Waals surface area contributed by atoms with Gasteiger partial charge in [0.05, 0.1) is 19.9 Å². The molecular formula is C77H73LiN12O23. The summed E-state index contributed by atoms with van der Waals surface area (Å²) in [4.78, 5) is 111. The average Bonchev–Trinajstić information content (AvgIpc) is 1.60. The molecule has 13 aromatic rings. The summed E-state index contributed by atoms with van der Waals surface area (Å²) in [5.41, 5.74) is 18.5. The van der Waals surface area contributed by atoms with E-state index in [0.29, 0.717) is 104 Å². The molecule has 16 rings (SSSR count). The number of oxazole rings is 5. The van der Waals surface area contributed by atoms with E-state index in [1.165, 1.54) is 21.1 Å². The Balaban J connectivity index is 0.000000165. The minimum atomic E-state index is -1.05. The number of phenols is 1. The number of nitrogen functional groups attached to an aromatic ring is 1. The number of alkyl carbamates (subject to hydrolysis) is 1. The Morgan fingerprint density at radius 3 is 1.27 bits per heavy atom. The fraction of sp³-hybridized carbons (Fsp3) is 0.273. The molecule has 0 aliphatic heterocycles. The molecular weight excluding hydrogens is 1470 g/mol. The molecule has 0 spiro atoms. The van der Waals surface area contributed by atoms with Crippen molar-refractivity contribution in [2.75, 3.05) is 30.6 Å². The number of methoxy groups -OCH3 is 2. The number of nitrogens with two attached hydrogens (primary N) is 2. The summed E-state index contributed by atoms with van der Waals surface area (Å²) in [6.45, 7) is 12.2. The van der Waals surface area contributed by atoms with Gasteiger partial charge in [-0.25, -0.2) is 44.1 Å². The topological polar surface area (TPSA) is 524 Å². The van der Waals surface area contributed by atoms with Crippen LogP contribution in [0.3, 0.4) is 0 Å². The van der Waals surface area contributed by atoms with Gasteiger partial charge in [0.15, 0.2) is 27.9 Å². The van der Waals surface area contributed by atoms with Crippen LogP contribution in [0.5, 0.6) is 5.75 Å². The van der Waals surface area contributed by atoms with Crippen LogP contribution in [0.2, 0.25) is 0 Å². The van der Waals surface area contributed by atoms with Gasteiger partial charge < -0.3 is 82.0 Å². The Kier molecular flexibility index (Phi) is 24.7. The van der Waals surface area contributed by atoms with Crippen LogP contribution in [0.25, 0.3) is 78.8 Å². The monoisotopic (exact) mass is 1540 g/mol. The number of carboxylic acids is 1. The predicted octanol–water partition coefficient (Wildman–Crippen LogP) is 11.1. The molecule has 113 heavy (non-hydrogen) atoms. The molecule has 0 unspecified atom stereocenters. The largest absolute Gasteiger partial charge is 1.00 e. The van der Waals surface area contributed by atoms with Crippen molar-refractivity contribution in [1.82, 2.24) is 40.6 Å². The van der Waals surface area contributed by atoms with Crippen molar-refractivity contribution in [3.63, 3.8) is 0 Å². The third-order valence-electron chi connectivity index (χ3n) is 18.4. The molecule has 7 heterocycles. The number of esters is 2. The van der Waals surface area contributed by atoms with E-state index in [9.17, 15) is 39.0 Å². The maximum Gasteiger partial charge on any atom is 1.00 e. The molecule has 6 aromatic carbocycles. The summed E-state index contributed by atoms with van der Waals surface area (Å²) < 4.78 is 65.5. The normalized spacial score (nSPS) is 14.5. The molecule has 3 aliphatic rings. The maximum atomic E-state index is 12.6. The minimum absolute atomic E-state index is 0. The molecule has 0 saturated heterocycles. The number of benzene rings is 6. The van der Waals surface area contributed by atoms with Crippen molar-refractivity contribution in [3.05, 3.63) is 185 Å². The van der Waals surface area contributed by atoms with E-state index in [1.807, 2.05) is 91.0 Å². The first kappa shape index (κ1) is 81.9. The number of phenolic OH excluding ortho intramolecular Hbond substituents is 1. The average molecular weight is 1540 g/mol. The van der Waals surface area contributed by atoms with Crippen molar-refractivity contribution in [3.8, 4) is 29.1 Å². The van der Waals surface area contributed by atoms with Crippen LogP contribution < -0.4 is 46.3 Å². The fourth-order valence-corrected chi connectivity index (χ4v) is 11.4. The summed E-state index contributed by atoms with van der Waals surface area (Å²) >= 11 is 0. The fourth-order valence-electron chi connectivity index (χ4n) is 11.4. The van der Waals surface area contributed by atoms with Gasteiger partial charge in [0.25, 0.3) is 11.8 Å². The van der Waals surface area contributed by atoms with Crippen LogP contribution in [0.1, 0.15) is 137 Å². The van der Waals surface area contributed by atoms with E-state index in [2.05, 4.69) is 62.8 Å². The second-order valence-electron chi connectivity index (χ2n) is 26.4. The maximum absolute atomic E-state index is 12.6. The molecule has 7 aromatic heterocycles. The van der Waals surface area contributed by atoms with E-state index >= 15 is 0 Å². The van der Waals surface area contributed by atoms with Crippen molar-refractivity contribution in [2.24, 2.45) is 5.73 Å². The number of nitrogens with one attached hydrogen (secondary N) is 3. The molecule has 0 bridgehead atoms. The van der Waals surface area contributed by atoms with Gasteiger partial charge in [-0.2, -0.15) is 9.59 Å². The summed E-state index contributed by atoms with van der Waals surface area (Å²) in [6.07, 6.45) is 1.19. The Morgan fingerprint density at radius 2 is 0.894 bits per heavy atom. The van der Waals surface area contributed by atoms with Gasteiger partial charge >= 0.3 is 61.2 Å². The first-order valence-electron chi connectivity index (χ1n) is 34.4. The number of aryl methyl sites for hydroxylation is 2. The summed E-state index contributed by atoms with van der Waals surface area (Å²) in [7, 11) is 2.55. The van der Waals surface area contributed by atoms with Crippen LogP contribution in [-0.4, -0.2) is 107 Å². The Bertz CT molecular complexity index is 5580. The Labute approximate surface area is 651 Å². The number of carbonyl (C=O) groups is 6. The molecule has 35 nitrogen and oxygen atoms in total. The first-order valence-corrected chi connectivity index (χ1v) is 34.4. The number of allylic oxidation sites excluding steroid dienone is 1. The number of aromatic hydroxyl groups is 1. The zero-order chi connectivity index (χ0) is 79.2. The van der Waals surface area contributed by atoms with Crippen molar-refractivity contribution >= 4 is 115 Å². The standard InChI is InChI=1S/C26H22N4O7.C25H20N4O7.C14H18N2O4.C11H12N2O2.CO2.Li.H2O/c1-13-20(29-25(32)34-14(2)15-7-5-4-6-8-15)21(37-30-13)22-27-16-11-19-17(12-18(16)35-22)28-23(36-19)26(9-10-26)24(31)33-3;1-12-19(28-24(32)33-13(2)14-6-4-3-5-7-14)20(36-29-12)21-26-15-10-18-16(11-17(15)34-21)27-22(35-18)25(8-9-25)23(30)31;1-9(15)12(13(17)19-3)16-14(18)20-10(2)11-7-5-4-6-8-11;1-11(2-3-11)10-13-7-5-8(14)6(12)4-9(7)15-10;2-1-3;;/h4-8,11-12,14H,9-10H2,1-3H3,(H,29,32);3-7,10-11,13H,8-9H2,1-2H3,(H,28,32)(H,30,31);4-8,10H,15H2,1-3H3,(H,16,18);4-5,14H,2-3,12H2,1H3;;;1H2/q;;;;;+1;/p-1/t14-;13-;10-;;;;/m111..../s1. The first-order chi connectivity index (χ1) is 53.2. The number of amides is 3. The molecule has 3 fully saturated rings. The van der Waals surface area contributed by atoms with Crippen molar-refractivity contribution < 1.29 is 128 Å². The van der Waals surface area contributed by atoms with Gasteiger partial charge in [-0.15, -0.1) is 0 Å². The molecule has 0 radical (unpaired) electrons. The number of aliphatic carboxylic acids is 1. The van der Waals surface area contributed by atoms with E-state index in [-0.39, 0.29) is 99.6 Å². The van der Waals surface area contributed by atoms with Crippen LogP contribution in [0, 0.1) is 13.8 Å². The number of carboxylic acid groups (broad SMARTS) is 1. The van der Waals surface area contributed by atoms with Gasteiger partial charge in [0.1, 0.15) is 90.9 Å². The van der Waals surface area contributed by atoms with E-state index < -0.39 is 59.4 Å². The molecule has 580 valence electrons. The SMILES string of the molecule is CC1(c2nc3cc(O)c(N)cc3o2)CC1.COC(=O)C(NC(=O)O[C@H](C)c1ccccc1)=C(C)N.COC(=O)C1(c2nc3cc4oc(-c5onc(C)c5NC(=O)O[C@H](C)c5ccccc5)nc4cc3o2)CC1.Cc1noc(-c2nc3cc4oc(C5(C(=O)O)CC5)nc4cc3o2)c1NC(=O)O[C@H](C)c1ccccc1.O=C=O.[Li+].[OH-]. The zero-order valence-electron chi connectivity index (χ0n) is 62.4. The number of nitrogens with zero attached hydrogens (tertiary/aromatic N) is 7. The third kappa shape index (κ3) is 18.0. The number of carbonyl (C=O) groups excluding carboxylic acids is 7. The van der Waals surface area contributed by atoms with Gasteiger partial charge in [0.2, 0.25) is 29.2 Å². The number of fused-ring (bicyclic) bond motifs is 5. The van der Waals surface area contributed by atoms with Crippen LogP contribution in [0.4, 0.5) is 31.4 Å². The van der Waals surface area contributed by atoms with Gasteiger partial charge in [-0.3, -0.25) is 25.5 Å². The van der Waals surface area contributed by atoms with E-state index in [4.69, 9.17) is 71.1 Å². The van der Waals surface area contributed by atoms with Gasteiger partial charge in [-0.05, 0) is 96.8 Å². The summed E-state index contributed by atoms with van der Waals surface area (Å²) in [5, 5.41) is 34.5. The third-order valence-corrected chi connectivity index (χ3v) is 18.4. The second kappa shape index (κ2) is 34.1. The number of anilines is 3. The molecule has 36 heteroatoms. The van der Waals surface area contributed by atoms with E-state index in [0.717, 1.165) is 35.4 Å². The number of rotatable bonds is 17. The Hall–Kier alpha value is -13.6. The number of ether oxygens (including phenoxy) is 5. The van der Waals surface area contributed by atoms with Crippen LogP contribution in [-0.2, 0) is 63.9 Å². The van der Waals surface area contributed by atoms with Crippen LogP contribution in [0.15, 0.2) is 170 Å².